The van der Waals surface area contributed by atoms with Crippen molar-refractivity contribution in [2.24, 2.45) is 0 Å². The van der Waals surface area contributed by atoms with Crippen molar-refractivity contribution < 1.29 is 37.5 Å². The van der Waals surface area contributed by atoms with Crippen LogP contribution in [0.15, 0.2) is 30.9 Å². The molecule has 0 bridgehead atoms. The Balaban J connectivity index is 1.43. The van der Waals surface area contributed by atoms with E-state index in [0.29, 0.717) is 5.56 Å². The summed E-state index contributed by atoms with van der Waals surface area (Å²) in [5.74, 6) is -1.73. The lowest BCUT2D eigenvalue weighted by Gasteiger charge is -2.17. The molecule has 0 radical (unpaired) electrons. The largest absolute Gasteiger partial charge is 0.872 e. The van der Waals surface area contributed by atoms with Gasteiger partial charge in [0.05, 0.1) is 12.9 Å². The van der Waals surface area contributed by atoms with Gasteiger partial charge in [-0.1, -0.05) is 23.4 Å². The SMILES string of the molecule is Cc1ccc(C(=O)NS(=O)(=O)OCC2OC(n3cnc4c(N)ncnc43)[C@H](O)[C@@H]2O)c([O-])c1. The second-order valence-electron chi connectivity index (χ2n) is 7.30. The highest BCUT2D eigenvalue weighted by Crippen LogP contribution is 2.32. The number of carbonyl (C=O) groups is 1. The molecule has 2 aromatic heterocycles. The number of anilines is 1. The number of benzene rings is 1. The first-order chi connectivity index (χ1) is 15.6. The monoisotopic (exact) mass is 479 g/mol. The molecule has 1 amide bonds. The zero-order valence-corrected chi connectivity index (χ0v) is 17.8. The lowest BCUT2D eigenvalue weighted by Crippen LogP contribution is -2.38. The van der Waals surface area contributed by atoms with E-state index in [1.165, 1.54) is 35.4 Å². The van der Waals surface area contributed by atoms with Crippen LogP contribution in [0.5, 0.6) is 5.75 Å². The average molecular weight is 479 g/mol. The predicted octanol–water partition coefficient (Wildman–Crippen LogP) is -1.90. The minimum Gasteiger partial charge on any atom is -0.872 e. The van der Waals surface area contributed by atoms with E-state index in [0.717, 1.165) is 0 Å². The van der Waals surface area contributed by atoms with E-state index < -0.39 is 53.1 Å². The number of nitrogens with two attached hydrogens (primary N) is 1. The lowest BCUT2D eigenvalue weighted by molar-refractivity contribution is -0.268. The van der Waals surface area contributed by atoms with E-state index in [9.17, 15) is 28.5 Å². The highest BCUT2D eigenvalue weighted by atomic mass is 32.2. The molecule has 1 saturated heterocycles. The summed E-state index contributed by atoms with van der Waals surface area (Å²) in [6.07, 6.45) is -3.03. The zero-order valence-electron chi connectivity index (χ0n) is 17.0. The number of carbonyl (C=O) groups excluding carboxylic acids is 1. The van der Waals surface area contributed by atoms with Gasteiger partial charge in [0, 0.05) is 5.56 Å². The van der Waals surface area contributed by atoms with E-state index >= 15 is 0 Å². The molecule has 15 heteroatoms. The maximum atomic E-state index is 12.2. The van der Waals surface area contributed by atoms with Crippen molar-refractivity contribution in [3.05, 3.63) is 42.0 Å². The first-order valence-corrected chi connectivity index (χ1v) is 10.9. The van der Waals surface area contributed by atoms with E-state index in [1.54, 1.807) is 11.6 Å². The number of fused-ring (bicyclic) bond motifs is 1. The van der Waals surface area contributed by atoms with Gasteiger partial charge in [-0.05, 0) is 13.0 Å². The number of nitrogens with one attached hydrogen (secondary N) is 1. The first-order valence-electron chi connectivity index (χ1n) is 9.51. The van der Waals surface area contributed by atoms with Gasteiger partial charge < -0.3 is 25.8 Å². The molecule has 0 saturated carbocycles. The van der Waals surface area contributed by atoms with Gasteiger partial charge in [0.1, 0.15) is 30.2 Å². The molecule has 0 spiro atoms. The van der Waals surface area contributed by atoms with Crippen molar-refractivity contribution in [2.45, 2.75) is 31.5 Å². The number of ether oxygens (including phenoxy) is 1. The number of rotatable bonds is 6. The third-order valence-electron chi connectivity index (χ3n) is 4.99. The highest BCUT2D eigenvalue weighted by Gasteiger charge is 2.45. The molecule has 1 aliphatic rings. The van der Waals surface area contributed by atoms with Gasteiger partial charge in [0.25, 0.3) is 5.91 Å². The lowest BCUT2D eigenvalue weighted by atomic mass is 10.1. The van der Waals surface area contributed by atoms with Crippen molar-refractivity contribution in [1.82, 2.24) is 24.2 Å². The number of aromatic nitrogens is 4. The van der Waals surface area contributed by atoms with E-state index in [-0.39, 0.29) is 22.5 Å². The maximum absolute atomic E-state index is 12.2. The Hall–Kier alpha value is -3.37. The Kier molecular flexibility index (Phi) is 5.89. The highest BCUT2D eigenvalue weighted by molar-refractivity contribution is 7.85. The van der Waals surface area contributed by atoms with E-state index in [4.69, 9.17) is 14.7 Å². The van der Waals surface area contributed by atoms with Crippen molar-refractivity contribution in [3.8, 4) is 5.75 Å². The molecule has 2 unspecified atom stereocenters. The van der Waals surface area contributed by atoms with Crippen LogP contribution in [-0.2, 0) is 19.2 Å². The smallest absolute Gasteiger partial charge is 0.362 e. The Morgan fingerprint density at radius 1 is 1.30 bits per heavy atom. The van der Waals surface area contributed by atoms with Gasteiger partial charge in [-0.25, -0.2) is 19.7 Å². The first kappa shape index (κ1) is 22.8. The van der Waals surface area contributed by atoms with Gasteiger partial charge in [-0.2, -0.15) is 8.42 Å². The second-order valence-corrected chi connectivity index (χ2v) is 8.65. The number of aryl methyl sites for hydroxylation is 1. The molecule has 3 aromatic rings. The molecule has 4 rings (SSSR count). The number of imidazole rings is 1. The van der Waals surface area contributed by atoms with E-state index in [2.05, 4.69) is 15.0 Å². The molecular formula is C18H19N6O8S-. The fourth-order valence-electron chi connectivity index (χ4n) is 3.32. The average Bonchev–Trinajstić information content (AvgIpc) is 3.29. The Bertz CT molecular complexity index is 1310. The Morgan fingerprint density at radius 3 is 2.79 bits per heavy atom. The molecule has 1 aliphatic heterocycles. The number of hydrogen-bond acceptors (Lipinski definition) is 12. The number of aliphatic hydroxyl groups is 2. The van der Waals surface area contributed by atoms with Crippen LogP contribution in [0.25, 0.3) is 11.2 Å². The molecule has 5 N–H and O–H groups in total. The summed E-state index contributed by atoms with van der Waals surface area (Å²) in [7, 11) is -4.66. The fraction of sp³-hybridized carbons (Fsp3) is 0.333. The third-order valence-corrected chi connectivity index (χ3v) is 5.87. The molecule has 33 heavy (non-hydrogen) atoms. The minimum absolute atomic E-state index is 0.100. The normalized spacial score (nSPS) is 23.1. The summed E-state index contributed by atoms with van der Waals surface area (Å²) < 4.78 is 37.5. The molecular weight excluding hydrogens is 460 g/mol. The summed E-state index contributed by atoms with van der Waals surface area (Å²) in [4.78, 5) is 24.0. The maximum Gasteiger partial charge on any atom is 0.362 e. The number of hydrogen-bond donors (Lipinski definition) is 4. The Morgan fingerprint density at radius 2 is 2.06 bits per heavy atom. The van der Waals surface area contributed by atoms with Crippen LogP contribution in [0.2, 0.25) is 0 Å². The number of aliphatic hydroxyl groups excluding tert-OH is 2. The summed E-state index contributed by atoms with van der Waals surface area (Å²) >= 11 is 0. The summed E-state index contributed by atoms with van der Waals surface area (Å²) in [5, 5.41) is 32.6. The molecule has 0 aliphatic carbocycles. The van der Waals surface area contributed by atoms with Crippen LogP contribution in [0.3, 0.4) is 0 Å². The van der Waals surface area contributed by atoms with Crippen LogP contribution in [0.4, 0.5) is 5.82 Å². The molecule has 4 atom stereocenters. The summed E-state index contributed by atoms with van der Waals surface area (Å²) in [6.45, 7) is 0.908. The van der Waals surface area contributed by atoms with Gasteiger partial charge in [0.2, 0.25) is 0 Å². The van der Waals surface area contributed by atoms with Crippen molar-refractivity contribution in [3.63, 3.8) is 0 Å². The van der Waals surface area contributed by atoms with Gasteiger partial charge in [-0.15, -0.1) is 0 Å². The van der Waals surface area contributed by atoms with Gasteiger partial charge >= 0.3 is 10.3 Å². The third kappa shape index (κ3) is 4.44. The molecule has 1 fully saturated rings. The van der Waals surface area contributed by atoms with Crippen LogP contribution in [-0.4, -0.2) is 69.0 Å². The molecule has 1 aromatic carbocycles. The quantitative estimate of drug-likeness (QED) is 0.305. The van der Waals surface area contributed by atoms with Crippen molar-refractivity contribution in [2.75, 3.05) is 12.3 Å². The van der Waals surface area contributed by atoms with Crippen molar-refractivity contribution >= 4 is 33.2 Å². The van der Waals surface area contributed by atoms with Gasteiger partial charge in [0.15, 0.2) is 17.7 Å². The molecule has 3 heterocycles. The number of nitrogen functional groups attached to an aromatic ring is 1. The zero-order chi connectivity index (χ0) is 23.9. The van der Waals surface area contributed by atoms with Crippen LogP contribution in [0.1, 0.15) is 22.1 Å². The standard InChI is InChI=1S/C18H20N6O8S/c1-8-2-3-9(10(25)4-8)17(28)23-33(29,30)31-5-11-13(26)14(27)18(32-11)24-7-22-12-15(19)20-6-21-16(12)24/h2-4,6-7,11,13-14,18,25-27H,5H2,1H3,(H,23,28)(H2,19,20,21)/p-1/t11?,13-,14-,18?/m1/s1. The number of nitrogens with zero attached hydrogens (tertiary/aromatic N) is 4. The van der Waals surface area contributed by atoms with Crippen molar-refractivity contribution in [1.29, 1.82) is 0 Å². The molecule has 176 valence electrons. The van der Waals surface area contributed by atoms with Gasteiger partial charge in [-0.3, -0.25) is 13.5 Å². The summed E-state index contributed by atoms with van der Waals surface area (Å²) in [5.41, 5.74) is 6.44. The topological polar surface area (TPSA) is 215 Å². The second kappa shape index (κ2) is 8.53. The van der Waals surface area contributed by atoms with Crippen LogP contribution >= 0.6 is 0 Å². The van der Waals surface area contributed by atoms with E-state index in [1.807, 2.05) is 0 Å². The predicted molar refractivity (Wildman–Crippen MR) is 109 cm³/mol. The van der Waals surface area contributed by atoms with Crippen LogP contribution < -0.4 is 15.6 Å². The fourth-order valence-corrected chi connectivity index (χ4v) is 4.03. The van der Waals surface area contributed by atoms with Crippen LogP contribution in [0, 0.1) is 6.92 Å². The molecule has 14 nitrogen and oxygen atoms in total. The number of amides is 1. The summed E-state index contributed by atoms with van der Waals surface area (Å²) in [6, 6.07) is 3.86. The minimum atomic E-state index is -4.66. The Labute approximate surface area is 186 Å².